The number of imidazole rings is 1. The number of aromatic nitrogens is 5. The van der Waals surface area contributed by atoms with Crippen LogP contribution in [0.5, 0.6) is 5.88 Å². The van der Waals surface area contributed by atoms with Crippen molar-refractivity contribution in [3.63, 3.8) is 0 Å². The fourth-order valence-corrected chi connectivity index (χ4v) is 4.59. The number of hydrogen-bond donors (Lipinski definition) is 1. The van der Waals surface area contributed by atoms with Crippen LogP contribution in [0.15, 0.2) is 30.7 Å². The van der Waals surface area contributed by atoms with Crippen molar-refractivity contribution >= 4 is 40.1 Å². The van der Waals surface area contributed by atoms with E-state index < -0.39 is 5.60 Å². The molecule has 3 aromatic heterocycles. The molecule has 0 spiro atoms. The minimum absolute atomic E-state index is 0.301. The molecule has 12 heteroatoms. The van der Waals surface area contributed by atoms with Gasteiger partial charge in [-0.05, 0) is 39.8 Å². The van der Waals surface area contributed by atoms with E-state index in [-0.39, 0.29) is 12.0 Å². The highest BCUT2D eigenvalue weighted by molar-refractivity contribution is 6.13. The van der Waals surface area contributed by atoms with E-state index in [2.05, 4.69) is 25.3 Å². The van der Waals surface area contributed by atoms with E-state index in [1.54, 1.807) is 26.2 Å². The average molecular weight is 521 g/mol. The van der Waals surface area contributed by atoms with Crippen molar-refractivity contribution in [2.24, 2.45) is 7.05 Å². The van der Waals surface area contributed by atoms with Gasteiger partial charge in [0.1, 0.15) is 11.1 Å². The number of benzene rings is 1. The van der Waals surface area contributed by atoms with E-state index in [0.29, 0.717) is 54.6 Å². The Morgan fingerprint density at radius 1 is 1.03 bits per heavy atom. The van der Waals surface area contributed by atoms with Crippen LogP contribution in [0.3, 0.4) is 0 Å². The zero-order valence-corrected chi connectivity index (χ0v) is 22.5. The number of nitrogens with one attached hydrogen (secondary N) is 1. The molecule has 0 aliphatic carbocycles. The molecule has 1 aliphatic heterocycles. The number of carbonyl (C=O) groups excluding carboxylic acids is 2. The Hall–Kier alpha value is -4.35. The number of carbonyl (C=O) groups is 2. The summed E-state index contributed by atoms with van der Waals surface area (Å²) in [5, 5.41) is 8.32. The van der Waals surface area contributed by atoms with Crippen LogP contribution in [-0.4, -0.2) is 79.9 Å². The molecule has 1 aromatic carbocycles. The van der Waals surface area contributed by atoms with Gasteiger partial charge in [0, 0.05) is 56.7 Å². The lowest BCUT2D eigenvalue weighted by atomic mass is 10.1. The van der Waals surface area contributed by atoms with Crippen LogP contribution in [0.4, 0.5) is 16.3 Å². The molecule has 0 radical (unpaired) electrons. The van der Waals surface area contributed by atoms with Crippen LogP contribution < -0.4 is 15.0 Å². The molecule has 4 aromatic rings. The summed E-state index contributed by atoms with van der Waals surface area (Å²) >= 11 is 0. The maximum Gasteiger partial charge on any atom is 0.410 e. The Balaban J connectivity index is 1.38. The third-order valence-corrected chi connectivity index (χ3v) is 6.25. The van der Waals surface area contributed by atoms with Gasteiger partial charge in [-0.25, -0.2) is 9.78 Å². The summed E-state index contributed by atoms with van der Waals surface area (Å²) in [4.78, 5) is 38.6. The number of piperazine rings is 1. The predicted octanol–water partition coefficient (Wildman–Crippen LogP) is 3.24. The summed E-state index contributed by atoms with van der Waals surface area (Å²) in [5.74, 6) is 0.323. The van der Waals surface area contributed by atoms with Crippen molar-refractivity contribution < 1.29 is 19.1 Å². The second kappa shape index (κ2) is 9.51. The standard InChI is InChI=1S/C26H32N8O4/c1-16-13-34-15-20(29-24(37-6)22(34)27-16)28-23(35)17-7-8-19(18-14-31(5)30-21(17)18)32-9-11-33(12-10-32)25(36)38-26(2,3)4/h7-8,13-15H,9-12H2,1-6H3,(H,28,35). The van der Waals surface area contributed by atoms with E-state index in [1.165, 1.54) is 7.11 Å². The Morgan fingerprint density at radius 3 is 2.45 bits per heavy atom. The molecule has 200 valence electrons. The van der Waals surface area contributed by atoms with Gasteiger partial charge in [0.05, 0.1) is 24.6 Å². The third kappa shape index (κ3) is 4.93. The fraction of sp³-hybridized carbons (Fsp3) is 0.423. The smallest absolute Gasteiger partial charge is 0.410 e. The van der Waals surface area contributed by atoms with Crippen LogP contribution in [-0.2, 0) is 11.8 Å². The molecule has 0 bridgehead atoms. The summed E-state index contributed by atoms with van der Waals surface area (Å²) in [5.41, 5.74) is 2.83. The highest BCUT2D eigenvalue weighted by atomic mass is 16.6. The SMILES string of the molecule is COc1nc(NC(=O)c2ccc(N3CCN(C(=O)OC(C)(C)C)CC3)c3cn(C)nc23)cn2cc(C)nc12. The quantitative estimate of drug-likeness (QED) is 0.436. The number of amides is 2. The second-order valence-electron chi connectivity index (χ2n) is 10.4. The molecule has 5 rings (SSSR count). The summed E-state index contributed by atoms with van der Waals surface area (Å²) in [6, 6.07) is 3.70. The number of fused-ring (bicyclic) bond motifs is 2. The van der Waals surface area contributed by atoms with Gasteiger partial charge in [-0.2, -0.15) is 10.1 Å². The van der Waals surface area contributed by atoms with Crippen molar-refractivity contribution in [2.45, 2.75) is 33.3 Å². The molecule has 0 saturated carbocycles. The average Bonchev–Trinajstić information content (AvgIpc) is 3.43. The first-order chi connectivity index (χ1) is 18.0. The first-order valence-electron chi connectivity index (χ1n) is 12.4. The van der Waals surface area contributed by atoms with Gasteiger partial charge in [0.15, 0.2) is 5.82 Å². The fourth-order valence-electron chi connectivity index (χ4n) is 4.59. The highest BCUT2D eigenvalue weighted by Gasteiger charge is 2.27. The van der Waals surface area contributed by atoms with Crippen LogP contribution in [0, 0.1) is 6.92 Å². The number of aryl methyl sites for hydroxylation is 2. The van der Waals surface area contributed by atoms with Crippen molar-refractivity contribution in [1.82, 2.24) is 29.0 Å². The van der Waals surface area contributed by atoms with Crippen molar-refractivity contribution in [1.29, 1.82) is 0 Å². The lowest BCUT2D eigenvalue weighted by Crippen LogP contribution is -2.50. The van der Waals surface area contributed by atoms with E-state index in [0.717, 1.165) is 16.8 Å². The van der Waals surface area contributed by atoms with Crippen LogP contribution in [0.2, 0.25) is 0 Å². The molecule has 0 unspecified atom stereocenters. The van der Waals surface area contributed by atoms with E-state index in [9.17, 15) is 9.59 Å². The van der Waals surface area contributed by atoms with Gasteiger partial charge < -0.3 is 24.6 Å². The molecule has 38 heavy (non-hydrogen) atoms. The lowest BCUT2D eigenvalue weighted by molar-refractivity contribution is 0.0240. The molecule has 1 saturated heterocycles. The maximum atomic E-state index is 13.4. The largest absolute Gasteiger partial charge is 0.478 e. The molecule has 2 amide bonds. The third-order valence-electron chi connectivity index (χ3n) is 6.25. The Kier molecular flexibility index (Phi) is 6.33. The molecule has 12 nitrogen and oxygen atoms in total. The molecular weight excluding hydrogens is 488 g/mol. The molecule has 1 aliphatic rings. The summed E-state index contributed by atoms with van der Waals surface area (Å²) in [7, 11) is 3.34. The highest BCUT2D eigenvalue weighted by Crippen LogP contribution is 2.30. The summed E-state index contributed by atoms with van der Waals surface area (Å²) < 4.78 is 14.4. The number of methoxy groups -OCH3 is 1. The Bertz CT molecular complexity index is 1530. The topological polar surface area (TPSA) is 119 Å². The lowest BCUT2D eigenvalue weighted by Gasteiger charge is -2.37. The minimum Gasteiger partial charge on any atom is -0.478 e. The van der Waals surface area contributed by atoms with Gasteiger partial charge in [0.25, 0.3) is 11.8 Å². The minimum atomic E-state index is -0.531. The monoisotopic (exact) mass is 520 g/mol. The van der Waals surface area contributed by atoms with Crippen LogP contribution >= 0.6 is 0 Å². The van der Waals surface area contributed by atoms with Crippen LogP contribution in [0.1, 0.15) is 36.8 Å². The molecule has 4 heterocycles. The molecule has 1 N–H and O–H groups in total. The van der Waals surface area contributed by atoms with E-state index in [1.807, 2.05) is 53.2 Å². The van der Waals surface area contributed by atoms with Gasteiger partial charge in [0.2, 0.25) is 5.65 Å². The second-order valence-corrected chi connectivity index (χ2v) is 10.4. The number of rotatable bonds is 4. The van der Waals surface area contributed by atoms with Crippen LogP contribution in [0.25, 0.3) is 16.6 Å². The van der Waals surface area contributed by atoms with Gasteiger partial charge in [-0.15, -0.1) is 0 Å². The number of nitrogens with zero attached hydrogens (tertiary/aromatic N) is 7. The Morgan fingerprint density at radius 2 is 1.76 bits per heavy atom. The molecular formula is C26H32N8O4. The normalized spacial score (nSPS) is 14.3. The number of ether oxygens (including phenoxy) is 2. The first kappa shape index (κ1) is 25.3. The molecule has 1 fully saturated rings. The van der Waals surface area contributed by atoms with E-state index in [4.69, 9.17) is 9.47 Å². The summed E-state index contributed by atoms with van der Waals surface area (Å²) in [6.45, 7) is 9.84. The number of anilines is 2. The van der Waals surface area contributed by atoms with Crippen molar-refractivity contribution in [3.05, 3.63) is 42.0 Å². The van der Waals surface area contributed by atoms with E-state index >= 15 is 0 Å². The zero-order valence-electron chi connectivity index (χ0n) is 22.5. The molecule has 0 atom stereocenters. The number of hydrogen-bond acceptors (Lipinski definition) is 8. The van der Waals surface area contributed by atoms with Gasteiger partial charge in [-0.3, -0.25) is 13.9 Å². The Labute approximate surface area is 220 Å². The van der Waals surface area contributed by atoms with Crippen molar-refractivity contribution in [3.8, 4) is 5.88 Å². The van der Waals surface area contributed by atoms with Gasteiger partial charge >= 0.3 is 6.09 Å². The zero-order chi connectivity index (χ0) is 27.2. The first-order valence-corrected chi connectivity index (χ1v) is 12.4. The van der Waals surface area contributed by atoms with Crippen molar-refractivity contribution in [2.75, 3.05) is 43.5 Å². The predicted molar refractivity (Wildman–Crippen MR) is 143 cm³/mol. The summed E-state index contributed by atoms with van der Waals surface area (Å²) in [6.07, 6.45) is 5.14. The van der Waals surface area contributed by atoms with Gasteiger partial charge in [-0.1, -0.05) is 0 Å². The maximum absolute atomic E-state index is 13.4.